The molecular weight excluding hydrogens is 317 g/mol. The van der Waals surface area contributed by atoms with Gasteiger partial charge in [-0.1, -0.05) is 42.5 Å². The summed E-state index contributed by atoms with van der Waals surface area (Å²) in [5.74, 6) is 0.348. The molecule has 24 heavy (non-hydrogen) atoms. The topological polar surface area (TPSA) is 26.3 Å². The van der Waals surface area contributed by atoms with E-state index in [0.717, 1.165) is 22.9 Å². The number of aldehydes is 1. The second-order valence-corrected chi connectivity index (χ2v) is 5.30. The van der Waals surface area contributed by atoms with E-state index >= 15 is 0 Å². The second-order valence-electron chi connectivity index (χ2n) is 5.30. The van der Waals surface area contributed by atoms with Gasteiger partial charge in [0.25, 0.3) is 0 Å². The molecule has 0 saturated heterocycles. The Morgan fingerprint density at radius 2 is 1.75 bits per heavy atom. The van der Waals surface area contributed by atoms with E-state index in [1.54, 1.807) is 18.2 Å². The molecule has 2 nitrogen and oxygen atoms in total. The van der Waals surface area contributed by atoms with Gasteiger partial charge < -0.3 is 4.74 Å². The molecule has 0 spiro atoms. The maximum absolute atomic E-state index is 12.7. The van der Waals surface area contributed by atoms with Gasteiger partial charge in [-0.2, -0.15) is 13.2 Å². The number of hydrogen-bond donors (Lipinski definition) is 0. The molecule has 0 aliphatic carbocycles. The highest BCUT2D eigenvalue weighted by atomic mass is 19.4. The van der Waals surface area contributed by atoms with Gasteiger partial charge in [-0.05, 0) is 34.5 Å². The SMILES string of the molecule is O=Cc1c(OCc2cccc(C(F)(F)F)c2)ccc2ccccc12. The number of halogens is 3. The standard InChI is InChI=1S/C19H13F3O2/c20-19(21,22)15-6-3-4-13(10-15)12-24-18-9-8-14-5-1-2-7-16(14)17(18)11-23/h1-11H,12H2. The zero-order valence-corrected chi connectivity index (χ0v) is 12.5. The van der Waals surface area contributed by atoms with Crippen molar-refractivity contribution in [2.75, 3.05) is 0 Å². The van der Waals surface area contributed by atoms with E-state index in [0.29, 0.717) is 23.2 Å². The van der Waals surface area contributed by atoms with Gasteiger partial charge in [-0.25, -0.2) is 0 Å². The van der Waals surface area contributed by atoms with Crippen molar-refractivity contribution in [3.05, 3.63) is 77.4 Å². The summed E-state index contributed by atoms with van der Waals surface area (Å²) in [5, 5.41) is 1.64. The third-order valence-electron chi connectivity index (χ3n) is 3.70. The minimum atomic E-state index is -4.40. The Morgan fingerprint density at radius 3 is 2.50 bits per heavy atom. The molecule has 3 aromatic carbocycles. The van der Waals surface area contributed by atoms with Crippen molar-refractivity contribution in [2.45, 2.75) is 12.8 Å². The lowest BCUT2D eigenvalue weighted by atomic mass is 10.0. The largest absolute Gasteiger partial charge is 0.488 e. The fourth-order valence-electron chi connectivity index (χ4n) is 2.52. The van der Waals surface area contributed by atoms with Crippen molar-refractivity contribution in [3.8, 4) is 5.75 Å². The molecule has 3 aromatic rings. The summed E-state index contributed by atoms with van der Waals surface area (Å²) in [6.07, 6.45) is -3.70. The van der Waals surface area contributed by atoms with Gasteiger partial charge in [0.1, 0.15) is 12.4 Å². The molecular formula is C19H13F3O2. The number of alkyl halides is 3. The van der Waals surface area contributed by atoms with Crippen LogP contribution >= 0.6 is 0 Å². The first-order valence-corrected chi connectivity index (χ1v) is 7.25. The van der Waals surface area contributed by atoms with Crippen LogP contribution in [-0.2, 0) is 12.8 Å². The Balaban J connectivity index is 1.87. The van der Waals surface area contributed by atoms with Gasteiger partial charge in [0.15, 0.2) is 6.29 Å². The lowest BCUT2D eigenvalue weighted by Gasteiger charge is -2.12. The summed E-state index contributed by atoms with van der Waals surface area (Å²) in [6, 6.07) is 15.8. The van der Waals surface area contributed by atoms with Crippen molar-refractivity contribution in [1.29, 1.82) is 0 Å². The Bertz CT molecular complexity index is 885. The van der Waals surface area contributed by atoms with Crippen LogP contribution in [0.3, 0.4) is 0 Å². The summed E-state index contributed by atoms with van der Waals surface area (Å²) in [7, 11) is 0. The number of ether oxygens (including phenoxy) is 1. The molecule has 0 radical (unpaired) electrons. The molecule has 0 atom stereocenters. The van der Waals surface area contributed by atoms with E-state index in [1.807, 2.05) is 24.3 Å². The fourth-order valence-corrected chi connectivity index (χ4v) is 2.52. The van der Waals surface area contributed by atoms with Crippen LogP contribution in [0.25, 0.3) is 10.8 Å². The van der Waals surface area contributed by atoms with Gasteiger partial charge in [0.2, 0.25) is 0 Å². The zero-order chi connectivity index (χ0) is 17.2. The Kier molecular flexibility index (Phi) is 4.25. The first-order chi connectivity index (χ1) is 11.5. The van der Waals surface area contributed by atoms with Crippen molar-refractivity contribution in [1.82, 2.24) is 0 Å². The molecule has 3 rings (SSSR count). The van der Waals surface area contributed by atoms with Gasteiger partial charge in [-0.3, -0.25) is 4.79 Å². The summed E-state index contributed by atoms with van der Waals surface area (Å²) in [4.78, 5) is 11.4. The van der Waals surface area contributed by atoms with E-state index < -0.39 is 11.7 Å². The van der Waals surface area contributed by atoms with Crippen molar-refractivity contribution < 1.29 is 22.7 Å². The highest BCUT2D eigenvalue weighted by Gasteiger charge is 2.30. The predicted molar refractivity (Wildman–Crippen MR) is 85.1 cm³/mol. The average Bonchev–Trinajstić information content (AvgIpc) is 2.59. The highest BCUT2D eigenvalue weighted by molar-refractivity contribution is 6.00. The Labute approximate surface area is 136 Å². The zero-order valence-electron chi connectivity index (χ0n) is 12.5. The third-order valence-corrected chi connectivity index (χ3v) is 3.70. The van der Waals surface area contributed by atoms with Gasteiger partial charge in [0, 0.05) is 0 Å². The van der Waals surface area contributed by atoms with Gasteiger partial charge in [-0.15, -0.1) is 0 Å². The van der Waals surface area contributed by atoms with E-state index in [2.05, 4.69) is 0 Å². The maximum atomic E-state index is 12.7. The quantitative estimate of drug-likeness (QED) is 0.611. The molecule has 122 valence electrons. The maximum Gasteiger partial charge on any atom is 0.416 e. The molecule has 0 aliphatic heterocycles. The Morgan fingerprint density at radius 1 is 0.958 bits per heavy atom. The van der Waals surface area contributed by atoms with Crippen LogP contribution in [0.5, 0.6) is 5.75 Å². The normalized spacial score (nSPS) is 11.5. The molecule has 0 fully saturated rings. The van der Waals surface area contributed by atoms with E-state index in [4.69, 9.17) is 4.74 Å². The monoisotopic (exact) mass is 330 g/mol. The number of hydrogen-bond acceptors (Lipinski definition) is 2. The number of carbonyl (C=O) groups excluding carboxylic acids is 1. The second kappa shape index (κ2) is 6.35. The van der Waals surface area contributed by atoms with E-state index in [9.17, 15) is 18.0 Å². The number of benzene rings is 3. The predicted octanol–water partition coefficient (Wildman–Crippen LogP) is 5.25. The smallest absolute Gasteiger partial charge is 0.416 e. The summed E-state index contributed by atoms with van der Waals surface area (Å²) < 4.78 is 43.8. The molecule has 0 N–H and O–H groups in total. The summed E-state index contributed by atoms with van der Waals surface area (Å²) in [5.41, 5.74) is 0.0487. The van der Waals surface area contributed by atoms with Crippen molar-refractivity contribution in [3.63, 3.8) is 0 Å². The van der Waals surface area contributed by atoms with Gasteiger partial charge in [0.05, 0.1) is 11.1 Å². The first-order valence-electron chi connectivity index (χ1n) is 7.25. The van der Waals surface area contributed by atoms with Crippen molar-refractivity contribution >= 4 is 17.1 Å². The molecule has 0 unspecified atom stereocenters. The molecule has 0 bridgehead atoms. The van der Waals surface area contributed by atoms with Crippen LogP contribution in [0.2, 0.25) is 0 Å². The highest BCUT2D eigenvalue weighted by Crippen LogP contribution is 2.30. The molecule has 0 amide bonds. The van der Waals surface area contributed by atoms with Crippen LogP contribution in [0.1, 0.15) is 21.5 Å². The van der Waals surface area contributed by atoms with Gasteiger partial charge >= 0.3 is 6.18 Å². The number of fused-ring (bicyclic) bond motifs is 1. The molecule has 0 saturated carbocycles. The molecule has 0 aromatic heterocycles. The van der Waals surface area contributed by atoms with Crippen LogP contribution in [-0.4, -0.2) is 6.29 Å². The van der Waals surface area contributed by atoms with Crippen LogP contribution in [0, 0.1) is 0 Å². The summed E-state index contributed by atoms with van der Waals surface area (Å²) >= 11 is 0. The Hall–Kier alpha value is -2.82. The molecule has 0 heterocycles. The van der Waals surface area contributed by atoms with E-state index in [1.165, 1.54) is 6.07 Å². The lowest BCUT2D eigenvalue weighted by Crippen LogP contribution is -2.06. The van der Waals surface area contributed by atoms with Crippen LogP contribution < -0.4 is 4.74 Å². The van der Waals surface area contributed by atoms with Crippen molar-refractivity contribution in [2.24, 2.45) is 0 Å². The fraction of sp³-hybridized carbons (Fsp3) is 0.105. The third kappa shape index (κ3) is 3.25. The molecule has 5 heteroatoms. The minimum Gasteiger partial charge on any atom is -0.488 e. The average molecular weight is 330 g/mol. The summed E-state index contributed by atoms with van der Waals surface area (Å²) in [6.45, 7) is -0.0525. The minimum absolute atomic E-state index is 0.0525. The first kappa shape index (κ1) is 16.1. The number of carbonyl (C=O) groups is 1. The molecule has 0 aliphatic rings. The lowest BCUT2D eigenvalue weighted by molar-refractivity contribution is -0.137. The van der Waals surface area contributed by atoms with E-state index in [-0.39, 0.29) is 6.61 Å². The van der Waals surface area contributed by atoms with Crippen LogP contribution in [0.15, 0.2) is 60.7 Å². The number of rotatable bonds is 4. The van der Waals surface area contributed by atoms with Crippen LogP contribution in [0.4, 0.5) is 13.2 Å².